The molecule has 6 nitrogen and oxygen atoms in total. The molecule has 6 heteroatoms. The zero-order valence-corrected chi connectivity index (χ0v) is 40.9. The van der Waals surface area contributed by atoms with Gasteiger partial charge in [-0.05, 0) is 96.3 Å². The summed E-state index contributed by atoms with van der Waals surface area (Å²) in [5, 5.41) is 23.8. The van der Waals surface area contributed by atoms with Gasteiger partial charge in [-0.3, -0.25) is 9.59 Å². The highest BCUT2D eigenvalue weighted by atomic mass is 16.5. The number of unbranched alkanes of at least 4 members (excludes halogenated alkanes) is 17. The van der Waals surface area contributed by atoms with Gasteiger partial charge in [0.15, 0.2) is 0 Å². The smallest absolute Gasteiger partial charge is 0.306 e. The normalized spacial score (nSPS) is 14.0. The van der Waals surface area contributed by atoms with Gasteiger partial charge in [-0.2, -0.15) is 0 Å². The lowest BCUT2D eigenvalue weighted by Crippen LogP contribution is -2.46. The molecule has 0 aliphatic rings. The monoisotopic (exact) mass is 876 g/mol. The van der Waals surface area contributed by atoms with Crippen LogP contribution >= 0.6 is 0 Å². The van der Waals surface area contributed by atoms with Crippen LogP contribution < -0.4 is 5.32 Å². The highest BCUT2D eigenvalue weighted by molar-refractivity contribution is 5.77. The quantitative estimate of drug-likeness (QED) is 0.0322. The summed E-state index contributed by atoms with van der Waals surface area (Å²) in [6.07, 6.45) is 66.1. The van der Waals surface area contributed by atoms with Gasteiger partial charge in [-0.15, -0.1) is 0 Å². The van der Waals surface area contributed by atoms with Crippen molar-refractivity contribution in [3.8, 4) is 0 Å². The third-order valence-electron chi connectivity index (χ3n) is 11.2. The number of aliphatic hydroxyl groups is 2. The lowest BCUT2D eigenvalue weighted by atomic mass is 10.0. The fraction of sp³-hybridized carbons (Fsp3) is 0.684. The van der Waals surface area contributed by atoms with Gasteiger partial charge in [0.25, 0.3) is 0 Å². The standard InChI is InChI=1S/C57H97NO5/c1-4-7-10-13-16-19-22-25-28-29-32-35-38-41-44-47-50-57(62)63-53(48-45-42-39-36-33-30-26-23-20-17-14-11-8-5-2)51-56(61)58-54(52-59)55(60)49-46-43-40-37-34-31-27-24-21-18-15-12-9-6-3/h7-8,10-11,16-17,19-20,25-26,28,30,32,35-36,39,53-55,59-60H,4-6,9,12-15,18,21-24,27,29,31,33-34,37-38,40-52H2,1-3H3,(H,58,61)/b10-7+,11-8+,19-16+,20-17+,28-25+,30-26+,35-32+,39-36+. The molecule has 1 amide bonds. The van der Waals surface area contributed by atoms with Crippen molar-refractivity contribution in [1.82, 2.24) is 5.32 Å². The van der Waals surface area contributed by atoms with Crippen LogP contribution in [0.2, 0.25) is 0 Å². The molecule has 0 spiro atoms. The Morgan fingerprint density at radius 2 is 0.873 bits per heavy atom. The second kappa shape index (κ2) is 49.8. The fourth-order valence-corrected chi connectivity index (χ4v) is 7.30. The van der Waals surface area contributed by atoms with Crippen LogP contribution in [-0.2, 0) is 14.3 Å². The molecule has 3 atom stereocenters. The Morgan fingerprint density at radius 3 is 1.32 bits per heavy atom. The number of nitrogens with one attached hydrogen (secondary N) is 1. The van der Waals surface area contributed by atoms with Gasteiger partial charge in [-0.1, -0.05) is 214 Å². The van der Waals surface area contributed by atoms with Crippen LogP contribution in [0.4, 0.5) is 0 Å². The van der Waals surface area contributed by atoms with E-state index in [9.17, 15) is 19.8 Å². The summed E-state index contributed by atoms with van der Waals surface area (Å²) in [5.74, 6) is -0.572. The predicted octanol–water partition coefficient (Wildman–Crippen LogP) is 15.7. The lowest BCUT2D eigenvalue weighted by molar-refractivity contribution is -0.151. The Hall–Kier alpha value is -3.22. The Balaban J connectivity index is 4.72. The third kappa shape index (κ3) is 45.2. The molecule has 3 unspecified atom stereocenters. The van der Waals surface area contributed by atoms with Crippen LogP contribution in [0.15, 0.2) is 97.2 Å². The van der Waals surface area contributed by atoms with E-state index in [0.717, 1.165) is 109 Å². The lowest BCUT2D eigenvalue weighted by Gasteiger charge is -2.24. The second-order valence-corrected chi connectivity index (χ2v) is 17.2. The molecular formula is C57H97NO5. The summed E-state index contributed by atoms with van der Waals surface area (Å²) < 4.78 is 5.89. The number of amides is 1. The predicted molar refractivity (Wildman–Crippen MR) is 273 cm³/mol. The molecule has 0 radical (unpaired) electrons. The molecular weight excluding hydrogens is 779 g/mol. The minimum absolute atomic E-state index is 0.0217. The van der Waals surface area contributed by atoms with E-state index in [4.69, 9.17) is 4.74 Å². The molecule has 0 heterocycles. The van der Waals surface area contributed by atoms with Gasteiger partial charge in [0, 0.05) is 6.42 Å². The van der Waals surface area contributed by atoms with Gasteiger partial charge in [0.1, 0.15) is 6.10 Å². The second-order valence-electron chi connectivity index (χ2n) is 17.2. The van der Waals surface area contributed by atoms with E-state index in [-0.39, 0.29) is 24.9 Å². The molecule has 3 N–H and O–H groups in total. The van der Waals surface area contributed by atoms with Crippen molar-refractivity contribution in [3.63, 3.8) is 0 Å². The van der Waals surface area contributed by atoms with Crippen molar-refractivity contribution >= 4 is 11.9 Å². The zero-order chi connectivity index (χ0) is 45.9. The van der Waals surface area contributed by atoms with Gasteiger partial charge in [0.2, 0.25) is 5.91 Å². The van der Waals surface area contributed by atoms with Crippen LogP contribution in [0, 0.1) is 0 Å². The summed E-state index contributed by atoms with van der Waals surface area (Å²) in [5.41, 5.74) is 0. The summed E-state index contributed by atoms with van der Waals surface area (Å²) in [7, 11) is 0. The number of ether oxygens (including phenoxy) is 1. The maximum atomic E-state index is 13.2. The van der Waals surface area contributed by atoms with Gasteiger partial charge < -0.3 is 20.3 Å². The number of rotatable bonds is 45. The summed E-state index contributed by atoms with van der Waals surface area (Å²) in [6, 6.07) is -0.731. The third-order valence-corrected chi connectivity index (χ3v) is 11.2. The van der Waals surface area contributed by atoms with Crippen LogP contribution in [0.1, 0.15) is 226 Å². The Labute approximate surface area is 388 Å². The molecule has 63 heavy (non-hydrogen) atoms. The van der Waals surface area contributed by atoms with Gasteiger partial charge in [0.05, 0.1) is 25.2 Å². The number of carbonyl (C=O) groups is 2. The molecule has 0 aromatic rings. The van der Waals surface area contributed by atoms with Crippen LogP contribution in [0.5, 0.6) is 0 Å². The van der Waals surface area contributed by atoms with E-state index in [1.165, 1.54) is 70.6 Å². The van der Waals surface area contributed by atoms with E-state index in [0.29, 0.717) is 19.3 Å². The Bertz CT molecular complexity index is 1260. The summed E-state index contributed by atoms with van der Waals surface area (Å²) in [4.78, 5) is 26.1. The summed E-state index contributed by atoms with van der Waals surface area (Å²) in [6.45, 7) is 6.23. The molecule has 0 rings (SSSR count). The van der Waals surface area contributed by atoms with E-state index >= 15 is 0 Å². The first-order chi connectivity index (χ1) is 31.0. The van der Waals surface area contributed by atoms with Crippen molar-refractivity contribution in [3.05, 3.63) is 97.2 Å². The van der Waals surface area contributed by atoms with E-state index in [1.807, 2.05) is 0 Å². The molecule has 0 bridgehead atoms. The highest BCUT2D eigenvalue weighted by Crippen LogP contribution is 2.16. The van der Waals surface area contributed by atoms with Crippen LogP contribution in [0.25, 0.3) is 0 Å². The SMILES string of the molecule is CC/C=C/C/C=C/C/C=C/C/C=C/CCCCCC(=O)OC(CCC/C=C/C/C=C/C/C=C/C/C=C/CC)CC(=O)NC(CO)C(O)CCCCCCCCCCCCCCCC. The molecule has 0 aromatic carbocycles. The van der Waals surface area contributed by atoms with Crippen molar-refractivity contribution in [2.45, 2.75) is 244 Å². The van der Waals surface area contributed by atoms with Gasteiger partial charge in [-0.25, -0.2) is 0 Å². The van der Waals surface area contributed by atoms with Crippen LogP contribution in [-0.4, -0.2) is 46.9 Å². The zero-order valence-electron chi connectivity index (χ0n) is 40.9. The minimum Gasteiger partial charge on any atom is -0.462 e. The number of aliphatic hydroxyl groups excluding tert-OH is 2. The Kier molecular flexibility index (Phi) is 47.2. The first-order valence-electron chi connectivity index (χ1n) is 26.0. The maximum Gasteiger partial charge on any atom is 0.306 e. The number of carbonyl (C=O) groups excluding carboxylic acids is 2. The molecule has 0 saturated heterocycles. The number of allylic oxidation sites excluding steroid dienone is 16. The van der Waals surface area contributed by atoms with Crippen molar-refractivity contribution < 1.29 is 24.5 Å². The topological polar surface area (TPSA) is 95.9 Å². The number of esters is 1. The fourth-order valence-electron chi connectivity index (χ4n) is 7.30. The van der Waals surface area contributed by atoms with E-state index in [1.54, 1.807) is 0 Å². The van der Waals surface area contributed by atoms with Crippen molar-refractivity contribution in [2.24, 2.45) is 0 Å². The minimum atomic E-state index is -0.813. The van der Waals surface area contributed by atoms with E-state index < -0.39 is 18.2 Å². The molecule has 0 saturated carbocycles. The largest absolute Gasteiger partial charge is 0.462 e. The van der Waals surface area contributed by atoms with Gasteiger partial charge >= 0.3 is 5.97 Å². The molecule has 360 valence electrons. The number of hydrogen-bond donors (Lipinski definition) is 3. The molecule has 0 aliphatic carbocycles. The first-order valence-corrected chi connectivity index (χ1v) is 26.0. The summed E-state index contributed by atoms with van der Waals surface area (Å²) >= 11 is 0. The molecule has 0 fully saturated rings. The first kappa shape index (κ1) is 59.8. The average Bonchev–Trinajstić information content (AvgIpc) is 3.28. The van der Waals surface area contributed by atoms with Crippen molar-refractivity contribution in [2.75, 3.05) is 6.61 Å². The molecule has 0 aliphatic heterocycles. The Morgan fingerprint density at radius 1 is 0.476 bits per heavy atom. The highest BCUT2D eigenvalue weighted by Gasteiger charge is 2.24. The van der Waals surface area contributed by atoms with Crippen molar-refractivity contribution in [1.29, 1.82) is 0 Å². The number of hydrogen-bond acceptors (Lipinski definition) is 5. The van der Waals surface area contributed by atoms with Crippen LogP contribution in [0.3, 0.4) is 0 Å². The maximum absolute atomic E-state index is 13.2. The average molecular weight is 876 g/mol. The van der Waals surface area contributed by atoms with E-state index in [2.05, 4.69) is 123 Å². The molecule has 0 aromatic heterocycles.